The van der Waals surface area contributed by atoms with E-state index in [-0.39, 0.29) is 5.97 Å². The van der Waals surface area contributed by atoms with E-state index in [9.17, 15) is 4.79 Å². The van der Waals surface area contributed by atoms with Crippen molar-refractivity contribution in [1.82, 2.24) is 0 Å². The number of ether oxygens (including phenoxy) is 2. The molecule has 4 heteroatoms. The third-order valence-corrected chi connectivity index (χ3v) is 3.62. The van der Waals surface area contributed by atoms with Crippen molar-refractivity contribution in [2.45, 2.75) is 32.4 Å². The number of carbonyl (C=O) groups is 1. The zero-order chi connectivity index (χ0) is 16.7. The second-order valence-electron chi connectivity index (χ2n) is 5.61. The Morgan fingerprint density at radius 3 is 2.91 bits per heavy atom. The molecule has 1 aromatic rings. The molecule has 2 N–H and O–H groups in total. The highest BCUT2D eigenvalue weighted by Gasteiger charge is 2.15. The Kier molecular flexibility index (Phi) is 6.18. The van der Waals surface area contributed by atoms with Gasteiger partial charge in [0.15, 0.2) is 0 Å². The minimum atomic E-state index is -0.622. The summed E-state index contributed by atoms with van der Waals surface area (Å²) in [6, 6.07) is 7.62. The summed E-state index contributed by atoms with van der Waals surface area (Å²) in [5, 5.41) is 0. The molecule has 1 unspecified atom stereocenters. The van der Waals surface area contributed by atoms with Crippen LogP contribution in [0.25, 0.3) is 0 Å². The van der Waals surface area contributed by atoms with Crippen LogP contribution < -0.4 is 5.73 Å². The molecule has 122 valence electrons. The molecule has 0 amide bonds. The lowest BCUT2D eigenvalue weighted by atomic mass is 10.0. The van der Waals surface area contributed by atoms with Gasteiger partial charge in [-0.3, -0.25) is 4.79 Å². The van der Waals surface area contributed by atoms with E-state index in [1.54, 1.807) is 0 Å². The Hall–Kier alpha value is -2.33. The molecule has 1 aliphatic rings. The summed E-state index contributed by atoms with van der Waals surface area (Å²) in [6.07, 6.45) is 9.08. The maximum atomic E-state index is 11.4. The van der Waals surface area contributed by atoms with Gasteiger partial charge in [0.05, 0.1) is 7.11 Å². The smallest absolute Gasteiger partial charge is 0.322 e. The van der Waals surface area contributed by atoms with E-state index in [1.807, 2.05) is 36.4 Å². The molecule has 4 nitrogen and oxygen atoms in total. The summed E-state index contributed by atoms with van der Waals surface area (Å²) in [7, 11) is 1.35. The first-order chi connectivity index (χ1) is 11.1. The zero-order valence-electron chi connectivity index (χ0n) is 13.6. The van der Waals surface area contributed by atoms with E-state index in [0.29, 0.717) is 13.0 Å². The lowest BCUT2D eigenvalue weighted by Crippen LogP contribution is -2.31. The van der Waals surface area contributed by atoms with Gasteiger partial charge >= 0.3 is 5.97 Å². The van der Waals surface area contributed by atoms with Crippen LogP contribution in [-0.4, -0.2) is 19.1 Å². The van der Waals surface area contributed by atoms with Gasteiger partial charge in [-0.05, 0) is 37.5 Å². The summed E-state index contributed by atoms with van der Waals surface area (Å²) in [5.74, 6) is 0.409. The van der Waals surface area contributed by atoms with Crippen LogP contribution in [0.2, 0.25) is 0 Å². The highest BCUT2D eigenvalue weighted by molar-refractivity contribution is 5.75. The van der Waals surface area contributed by atoms with Gasteiger partial charge in [-0.2, -0.15) is 0 Å². The maximum Gasteiger partial charge on any atom is 0.322 e. The predicted molar refractivity (Wildman–Crippen MR) is 90.5 cm³/mol. The number of benzene rings is 1. The van der Waals surface area contributed by atoms with Crippen LogP contribution in [-0.2, 0) is 20.9 Å². The van der Waals surface area contributed by atoms with Crippen LogP contribution in [0.15, 0.2) is 59.9 Å². The third kappa shape index (κ3) is 5.42. The van der Waals surface area contributed by atoms with Crippen LogP contribution >= 0.6 is 0 Å². The van der Waals surface area contributed by atoms with Crippen molar-refractivity contribution in [2.75, 3.05) is 7.11 Å². The van der Waals surface area contributed by atoms with Gasteiger partial charge in [0.2, 0.25) is 0 Å². The fraction of sp³-hybridized carbons (Fsp3) is 0.316. The molecular formula is C19H23NO3. The average molecular weight is 313 g/mol. The second-order valence-corrected chi connectivity index (χ2v) is 5.61. The van der Waals surface area contributed by atoms with Gasteiger partial charge in [-0.1, -0.05) is 47.6 Å². The molecule has 0 radical (unpaired) electrons. The fourth-order valence-electron chi connectivity index (χ4n) is 2.38. The topological polar surface area (TPSA) is 61.5 Å². The van der Waals surface area contributed by atoms with Crippen LogP contribution in [0, 0.1) is 6.92 Å². The Bertz CT molecular complexity index is 644. The Balaban J connectivity index is 1.94. The standard InChI is InChI=1S/C19H23NO3/c1-14-5-3-7-16(11-14)13-23-17-8-4-6-15(9-10-17)12-18(20)19(21)22-2/h3-5,7-11,18H,6,12-13,20H2,1-2H3. The molecule has 0 bridgehead atoms. The normalized spacial score (nSPS) is 15.3. The number of nitrogens with two attached hydrogens (primary N) is 1. The number of allylic oxidation sites excluding steroid dienone is 4. The molecule has 1 aromatic carbocycles. The minimum Gasteiger partial charge on any atom is -0.489 e. The van der Waals surface area contributed by atoms with Gasteiger partial charge in [-0.25, -0.2) is 0 Å². The lowest BCUT2D eigenvalue weighted by molar-refractivity contribution is -0.142. The quantitative estimate of drug-likeness (QED) is 0.819. The minimum absolute atomic E-state index is 0.390. The van der Waals surface area contributed by atoms with Gasteiger partial charge in [0.1, 0.15) is 18.4 Å². The van der Waals surface area contributed by atoms with Crippen molar-refractivity contribution in [3.63, 3.8) is 0 Å². The van der Waals surface area contributed by atoms with E-state index < -0.39 is 6.04 Å². The first-order valence-electron chi connectivity index (χ1n) is 7.66. The maximum absolute atomic E-state index is 11.4. The van der Waals surface area contributed by atoms with Crippen molar-refractivity contribution in [3.8, 4) is 0 Å². The Morgan fingerprint density at radius 2 is 2.17 bits per heavy atom. The number of hydrogen-bond donors (Lipinski definition) is 1. The molecular weight excluding hydrogens is 290 g/mol. The van der Waals surface area contributed by atoms with Crippen molar-refractivity contribution >= 4 is 5.97 Å². The average Bonchev–Trinajstić information content (AvgIpc) is 2.77. The second kappa shape index (κ2) is 8.34. The first kappa shape index (κ1) is 17.0. The molecule has 1 atom stereocenters. The van der Waals surface area contributed by atoms with Crippen LogP contribution in [0.4, 0.5) is 0 Å². The summed E-state index contributed by atoms with van der Waals surface area (Å²) in [5.41, 5.74) is 9.24. The molecule has 0 aromatic heterocycles. The Labute approximate surface area is 137 Å². The van der Waals surface area contributed by atoms with Gasteiger partial charge in [-0.15, -0.1) is 0 Å². The molecule has 0 fully saturated rings. The number of aryl methyl sites for hydroxylation is 1. The Morgan fingerprint density at radius 1 is 1.35 bits per heavy atom. The molecule has 0 saturated carbocycles. The molecule has 23 heavy (non-hydrogen) atoms. The summed E-state index contributed by atoms with van der Waals surface area (Å²) >= 11 is 0. The van der Waals surface area contributed by atoms with E-state index >= 15 is 0 Å². The third-order valence-electron chi connectivity index (χ3n) is 3.62. The fourth-order valence-corrected chi connectivity index (χ4v) is 2.38. The van der Waals surface area contributed by atoms with Crippen molar-refractivity contribution in [3.05, 3.63) is 71.0 Å². The number of hydrogen-bond acceptors (Lipinski definition) is 4. The highest BCUT2D eigenvalue weighted by Crippen LogP contribution is 2.18. The predicted octanol–water partition coefficient (Wildman–Crippen LogP) is 3.17. The van der Waals surface area contributed by atoms with E-state index in [1.165, 1.54) is 12.7 Å². The number of rotatable bonds is 6. The summed E-state index contributed by atoms with van der Waals surface area (Å²) < 4.78 is 10.5. The van der Waals surface area contributed by atoms with Gasteiger partial charge < -0.3 is 15.2 Å². The molecule has 1 aliphatic carbocycles. The monoisotopic (exact) mass is 313 g/mol. The largest absolute Gasteiger partial charge is 0.489 e. The first-order valence-corrected chi connectivity index (χ1v) is 7.66. The van der Waals surface area contributed by atoms with Gasteiger partial charge in [0, 0.05) is 0 Å². The molecule has 0 spiro atoms. The zero-order valence-corrected chi connectivity index (χ0v) is 13.6. The van der Waals surface area contributed by atoms with E-state index in [4.69, 9.17) is 10.5 Å². The number of esters is 1. The van der Waals surface area contributed by atoms with Crippen LogP contribution in [0.1, 0.15) is 24.0 Å². The van der Waals surface area contributed by atoms with Crippen LogP contribution in [0.3, 0.4) is 0 Å². The van der Waals surface area contributed by atoms with Gasteiger partial charge in [0.25, 0.3) is 0 Å². The molecule has 2 rings (SSSR count). The van der Waals surface area contributed by atoms with E-state index in [0.717, 1.165) is 23.3 Å². The lowest BCUT2D eigenvalue weighted by Gasteiger charge is -2.10. The molecule has 0 heterocycles. The van der Waals surface area contributed by atoms with Crippen molar-refractivity contribution < 1.29 is 14.3 Å². The van der Waals surface area contributed by atoms with Crippen LogP contribution in [0.5, 0.6) is 0 Å². The molecule has 0 saturated heterocycles. The van der Waals surface area contributed by atoms with Crippen molar-refractivity contribution in [1.29, 1.82) is 0 Å². The molecule has 0 aliphatic heterocycles. The van der Waals surface area contributed by atoms with E-state index in [2.05, 4.69) is 23.8 Å². The number of methoxy groups -OCH3 is 1. The summed E-state index contributed by atoms with van der Waals surface area (Å²) in [6.45, 7) is 2.59. The highest BCUT2D eigenvalue weighted by atomic mass is 16.5. The van der Waals surface area contributed by atoms with Crippen molar-refractivity contribution in [2.24, 2.45) is 5.73 Å². The summed E-state index contributed by atoms with van der Waals surface area (Å²) in [4.78, 5) is 11.4. The SMILES string of the molecule is COC(=O)C(N)CC1=CC=C(OCc2cccc(C)c2)C=CC1. The number of carbonyl (C=O) groups excluding carboxylic acids is 1.